The van der Waals surface area contributed by atoms with Crippen LogP contribution >= 0.6 is 0 Å². The third-order valence-corrected chi connectivity index (χ3v) is 2.67. The van der Waals surface area contributed by atoms with E-state index in [4.69, 9.17) is 0 Å². The number of rotatable bonds is 4. The van der Waals surface area contributed by atoms with Gasteiger partial charge in [-0.25, -0.2) is 4.39 Å². The van der Waals surface area contributed by atoms with Crippen molar-refractivity contribution in [1.82, 2.24) is 5.32 Å². The van der Waals surface area contributed by atoms with E-state index in [0.29, 0.717) is 0 Å². The van der Waals surface area contributed by atoms with Crippen LogP contribution in [-0.2, 0) is 13.0 Å². The van der Waals surface area contributed by atoms with Crippen molar-refractivity contribution in [2.75, 3.05) is 7.05 Å². The lowest BCUT2D eigenvalue weighted by Crippen LogP contribution is -2.05. The van der Waals surface area contributed by atoms with Crippen LogP contribution in [0.15, 0.2) is 48.5 Å². The first-order valence-electron chi connectivity index (χ1n) is 5.75. The summed E-state index contributed by atoms with van der Waals surface area (Å²) >= 11 is 0. The van der Waals surface area contributed by atoms with Crippen LogP contribution in [0.3, 0.4) is 0 Å². The average Bonchev–Trinajstić information content (AvgIpc) is 2.30. The SMILES string of the molecule is CNCc1cccc(Cc2cccc(F)c2)c1. The second-order valence-electron chi connectivity index (χ2n) is 4.16. The number of benzene rings is 2. The third-order valence-electron chi connectivity index (χ3n) is 2.67. The molecule has 0 saturated heterocycles. The highest BCUT2D eigenvalue weighted by molar-refractivity contribution is 5.29. The van der Waals surface area contributed by atoms with Gasteiger partial charge in [0.2, 0.25) is 0 Å². The predicted octanol–water partition coefficient (Wildman–Crippen LogP) is 3.14. The number of halogens is 1. The Labute approximate surface area is 101 Å². The van der Waals surface area contributed by atoms with Crippen LogP contribution in [0.5, 0.6) is 0 Å². The largest absolute Gasteiger partial charge is 0.316 e. The van der Waals surface area contributed by atoms with E-state index >= 15 is 0 Å². The second-order valence-corrected chi connectivity index (χ2v) is 4.16. The molecule has 2 heteroatoms. The van der Waals surface area contributed by atoms with Gasteiger partial charge in [-0.2, -0.15) is 0 Å². The lowest BCUT2D eigenvalue weighted by atomic mass is 10.0. The minimum absolute atomic E-state index is 0.172. The van der Waals surface area contributed by atoms with Gasteiger partial charge in [-0.1, -0.05) is 36.4 Å². The molecule has 17 heavy (non-hydrogen) atoms. The molecule has 0 heterocycles. The fourth-order valence-corrected chi connectivity index (χ4v) is 1.94. The smallest absolute Gasteiger partial charge is 0.123 e. The van der Waals surface area contributed by atoms with Crippen molar-refractivity contribution >= 4 is 0 Å². The summed E-state index contributed by atoms with van der Waals surface area (Å²) in [7, 11) is 1.93. The molecule has 0 saturated carbocycles. The number of hydrogen-bond acceptors (Lipinski definition) is 1. The molecule has 2 rings (SSSR count). The molecule has 0 fully saturated rings. The molecular weight excluding hydrogens is 213 g/mol. The van der Waals surface area contributed by atoms with Gasteiger partial charge in [0.1, 0.15) is 5.82 Å². The third kappa shape index (κ3) is 3.40. The average molecular weight is 229 g/mol. The molecule has 0 aliphatic carbocycles. The quantitative estimate of drug-likeness (QED) is 0.849. The lowest BCUT2D eigenvalue weighted by Gasteiger charge is -2.05. The molecule has 0 aliphatic rings. The molecule has 2 aromatic rings. The molecule has 0 bridgehead atoms. The Kier molecular flexibility index (Phi) is 3.89. The van der Waals surface area contributed by atoms with Crippen LogP contribution in [-0.4, -0.2) is 7.05 Å². The molecule has 0 aromatic heterocycles. The summed E-state index contributed by atoms with van der Waals surface area (Å²) in [6.45, 7) is 0.858. The van der Waals surface area contributed by atoms with Crippen molar-refractivity contribution in [3.05, 3.63) is 71.0 Å². The Hall–Kier alpha value is -1.67. The van der Waals surface area contributed by atoms with Gasteiger partial charge in [-0.05, 0) is 42.3 Å². The Morgan fingerprint density at radius 2 is 1.59 bits per heavy atom. The molecule has 0 amide bonds. The first kappa shape index (κ1) is 11.8. The van der Waals surface area contributed by atoms with Gasteiger partial charge >= 0.3 is 0 Å². The van der Waals surface area contributed by atoms with Crippen molar-refractivity contribution < 1.29 is 4.39 Å². The van der Waals surface area contributed by atoms with Crippen LogP contribution in [0, 0.1) is 5.82 Å². The normalized spacial score (nSPS) is 10.5. The topological polar surface area (TPSA) is 12.0 Å². The standard InChI is InChI=1S/C15H16FN/c1-17-11-14-6-2-4-12(9-14)8-13-5-3-7-15(16)10-13/h2-7,9-10,17H,8,11H2,1H3. The van der Waals surface area contributed by atoms with Gasteiger partial charge in [0, 0.05) is 6.54 Å². The molecule has 1 N–H and O–H groups in total. The van der Waals surface area contributed by atoms with Crippen LogP contribution in [0.25, 0.3) is 0 Å². The highest BCUT2D eigenvalue weighted by atomic mass is 19.1. The van der Waals surface area contributed by atoms with Crippen molar-refractivity contribution in [2.24, 2.45) is 0 Å². The van der Waals surface area contributed by atoms with E-state index in [2.05, 4.69) is 23.5 Å². The minimum Gasteiger partial charge on any atom is -0.316 e. The monoisotopic (exact) mass is 229 g/mol. The van der Waals surface area contributed by atoms with Gasteiger partial charge in [-0.3, -0.25) is 0 Å². The van der Waals surface area contributed by atoms with E-state index in [0.717, 1.165) is 18.5 Å². The summed E-state index contributed by atoms with van der Waals surface area (Å²) < 4.78 is 13.1. The van der Waals surface area contributed by atoms with Crippen LogP contribution < -0.4 is 5.32 Å². The van der Waals surface area contributed by atoms with Gasteiger partial charge < -0.3 is 5.32 Å². The Morgan fingerprint density at radius 3 is 2.29 bits per heavy atom. The zero-order chi connectivity index (χ0) is 12.1. The Bertz CT molecular complexity index is 494. The van der Waals surface area contributed by atoms with E-state index in [1.165, 1.54) is 17.2 Å². The van der Waals surface area contributed by atoms with Gasteiger partial charge in [-0.15, -0.1) is 0 Å². The van der Waals surface area contributed by atoms with Gasteiger partial charge in [0.25, 0.3) is 0 Å². The summed E-state index contributed by atoms with van der Waals surface area (Å²) in [5, 5.41) is 3.12. The maximum atomic E-state index is 13.1. The molecule has 0 radical (unpaired) electrons. The molecule has 0 atom stereocenters. The zero-order valence-corrected chi connectivity index (χ0v) is 9.91. The zero-order valence-electron chi connectivity index (χ0n) is 9.91. The molecule has 88 valence electrons. The summed E-state index contributed by atoms with van der Waals surface area (Å²) in [5.74, 6) is -0.172. The van der Waals surface area contributed by atoms with Crippen molar-refractivity contribution in [3.63, 3.8) is 0 Å². The minimum atomic E-state index is -0.172. The van der Waals surface area contributed by atoms with E-state index in [1.54, 1.807) is 12.1 Å². The highest BCUT2D eigenvalue weighted by Gasteiger charge is 1.99. The van der Waals surface area contributed by atoms with E-state index in [-0.39, 0.29) is 5.82 Å². The number of hydrogen-bond donors (Lipinski definition) is 1. The van der Waals surface area contributed by atoms with Crippen LogP contribution in [0.1, 0.15) is 16.7 Å². The summed E-state index contributed by atoms with van der Waals surface area (Å²) in [6.07, 6.45) is 0.773. The summed E-state index contributed by atoms with van der Waals surface area (Å²) in [4.78, 5) is 0. The van der Waals surface area contributed by atoms with Crippen molar-refractivity contribution in [2.45, 2.75) is 13.0 Å². The summed E-state index contributed by atoms with van der Waals surface area (Å²) in [5.41, 5.74) is 3.47. The van der Waals surface area contributed by atoms with Gasteiger partial charge in [0.05, 0.1) is 0 Å². The molecular formula is C15H16FN. The lowest BCUT2D eigenvalue weighted by molar-refractivity contribution is 0.626. The fourth-order valence-electron chi connectivity index (χ4n) is 1.94. The first-order chi connectivity index (χ1) is 8.28. The molecule has 0 aliphatic heterocycles. The van der Waals surface area contributed by atoms with Gasteiger partial charge in [0.15, 0.2) is 0 Å². The molecule has 1 nitrogen and oxygen atoms in total. The molecule has 2 aromatic carbocycles. The first-order valence-corrected chi connectivity index (χ1v) is 5.75. The number of nitrogens with one attached hydrogen (secondary N) is 1. The van der Waals surface area contributed by atoms with Crippen molar-refractivity contribution in [3.8, 4) is 0 Å². The van der Waals surface area contributed by atoms with Crippen LogP contribution in [0.4, 0.5) is 4.39 Å². The predicted molar refractivity (Wildman–Crippen MR) is 68.4 cm³/mol. The fraction of sp³-hybridized carbons (Fsp3) is 0.200. The van der Waals surface area contributed by atoms with E-state index in [1.807, 2.05) is 19.2 Å². The highest BCUT2D eigenvalue weighted by Crippen LogP contribution is 2.12. The van der Waals surface area contributed by atoms with E-state index < -0.39 is 0 Å². The maximum Gasteiger partial charge on any atom is 0.123 e. The molecule has 0 spiro atoms. The second kappa shape index (κ2) is 5.60. The molecule has 0 unspecified atom stereocenters. The Balaban J connectivity index is 2.15. The van der Waals surface area contributed by atoms with Crippen molar-refractivity contribution in [1.29, 1.82) is 0 Å². The maximum absolute atomic E-state index is 13.1. The van der Waals surface area contributed by atoms with Crippen LogP contribution in [0.2, 0.25) is 0 Å². The van der Waals surface area contributed by atoms with E-state index in [9.17, 15) is 4.39 Å². The summed E-state index contributed by atoms with van der Waals surface area (Å²) in [6, 6.07) is 15.1. The Morgan fingerprint density at radius 1 is 0.941 bits per heavy atom.